The summed E-state index contributed by atoms with van der Waals surface area (Å²) in [7, 11) is 1.57. The van der Waals surface area contributed by atoms with E-state index in [0.29, 0.717) is 11.3 Å². The molecule has 2 aromatic rings. The van der Waals surface area contributed by atoms with E-state index < -0.39 is 0 Å². The molecule has 2 nitrogen and oxygen atoms in total. The fourth-order valence-corrected chi connectivity index (χ4v) is 2.15. The molecule has 0 saturated heterocycles. The normalized spacial score (nSPS) is 10.2. The zero-order valence-electron chi connectivity index (χ0n) is 10.9. The van der Waals surface area contributed by atoms with Gasteiger partial charge in [-0.25, -0.2) is 0 Å². The number of rotatable bonds is 3. The lowest BCUT2D eigenvalue weighted by molar-refractivity contribution is 0.112. The molecule has 0 N–H and O–H groups in total. The standard InChI is InChI=1S/C16H16O2/c1-11-6-12(2)8-14(7-11)13-4-5-16(18-3)15(9-13)10-17/h4-10H,1-3H3. The van der Waals surface area contributed by atoms with E-state index in [1.54, 1.807) is 7.11 Å². The number of carbonyl (C=O) groups excluding carboxylic acids is 1. The predicted octanol–water partition coefficient (Wildman–Crippen LogP) is 3.79. The highest BCUT2D eigenvalue weighted by Gasteiger charge is 2.05. The monoisotopic (exact) mass is 240 g/mol. The molecule has 0 spiro atoms. The second-order valence-corrected chi connectivity index (χ2v) is 4.45. The number of methoxy groups -OCH3 is 1. The Balaban J connectivity index is 2.53. The van der Waals surface area contributed by atoms with Crippen LogP contribution in [0.25, 0.3) is 11.1 Å². The first-order valence-electron chi connectivity index (χ1n) is 5.86. The SMILES string of the molecule is COc1ccc(-c2cc(C)cc(C)c2)cc1C=O. The van der Waals surface area contributed by atoms with Crippen LogP contribution in [0.3, 0.4) is 0 Å². The van der Waals surface area contributed by atoms with E-state index in [1.165, 1.54) is 11.1 Å². The maximum atomic E-state index is 11.0. The van der Waals surface area contributed by atoms with Gasteiger partial charge >= 0.3 is 0 Å². The van der Waals surface area contributed by atoms with Gasteiger partial charge in [0.25, 0.3) is 0 Å². The number of carbonyl (C=O) groups is 1. The van der Waals surface area contributed by atoms with Crippen molar-refractivity contribution in [2.75, 3.05) is 7.11 Å². The predicted molar refractivity (Wildman–Crippen MR) is 73.3 cm³/mol. The zero-order valence-corrected chi connectivity index (χ0v) is 10.9. The van der Waals surface area contributed by atoms with E-state index in [9.17, 15) is 4.79 Å². The molecule has 0 aliphatic rings. The highest BCUT2D eigenvalue weighted by molar-refractivity contribution is 5.83. The number of hydrogen-bond donors (Lipinski definition) is 0. The van der Waals surface area contributed by atoms with Gasteiger partial charge in [0.2, 0.25) is 0 Å². The van der Waals surface area contributed by atoms with Crippen LogP contribution in [0.15, 0.2) is 36.4 Å². The van der Waals surface area contributed by atoms with E-state index in [1.807, 2.05) is 18.2 Å². The van der Waals surface area contributed by atoms with Gasteiger partial charge in [0.1, 0.15) is 5.75 Å². The Hall–Kier alpha value is -2.09. The summed E-state index contributed by atoms with van der Waals surface area (Å²) < 4.78 is 5.14. The van der Waals surface area contributed by atoms with Crippen molar-refractivity contribution < 1.29 is 9.53 Å². The number of ether oxygens (including phenoxy) is 1. The van der Waals surface area contributed by atoms with Crippen LogP contribution in [-0.4, -0.2) is 13.4 Å². The molecule has 0 atom stereocenters. The molecule has 0 bridgehead atoms. The molecular weight excluding hydrogens is 224 g/mol. The van der Waals surface area contributed by atoms with Crippen LogP contribution in [0.2, 0.25) is 0 Å². The van der Waals surface area contributed by atoms with E-state index in [0.717, 1.165) is 17.4 Å². The summed E-state index contributed by atoms with van der Waals surface area (Å²) in [5, 5.41) is 0. The van der Waals surface area contributed by atoms with Crippen molar-refractivity contribution in [3.05, 3.63) is 53.1 Å². The van der Waals surface area contributed by atoms with Crippen LogP contribution in [0.4, 0.5) is 0 Å². The minimum absolute atomic E-state index is 0.578. The molecular formula is C16H16O2. The third-order valence-electron chi connectivity index (χ3n) is 2.91. The molecule has 0 aromatic heterocycles. The summed E-state index contributed by atoms with van der Waals surface area (Å²) in [5.41, 5.74) is 5.17. The van der Waals surface area contributed by atoms with Crippen molar-refractivity contribution in [3.63, 3.8) is 0 Å². The van der Waals surface area contributed by atoms with E-state index in [2.05, 4.69) is 32.0 Å². The summed E-state index contributed by atoms with van der Waals surface area (Å²) in [6, 6.07) is 12.0. The number of hydrogen-bond acceptors (Lipinski definition) is 2. The average Bonchev–Trinajstić information content (AvgIpc) is 2.36. The van der Waals surface area contributed by atoms with Gasteiger partial charge in [-0.2, -0.15) is 0 Å². The fraction of sp³-hybridized carbons (Fsp3) is 0.188. The molecule has 0 aliphatic heterocycles. The van der Waals surface area contributed by atoms with E-state index in [4.69, 9.17) is 4.74 Å². The topological polar surface area (TPSA) is 26.3 Å². The Bertz CT molecular complexity index is 565. The van der Waals surface area contributed by atoms with Gasteiger partial charge in [0.15, 0.2) is 6.29 Å². The van der Waals surface area contributed by atoms with Gasteiger partial charge in [0.05, 0.1) is 12.7 Å². The quantitative estimate of drug-likeness (QED) is 0.763. The smallest absolute Gasteiger partial charge is 0.153 e. The molecule has 2 heteroatoms. The third kappa shape index (κ3) is 2.43. The first-order valence-corrected chi connectivity index (χ1v) is 5.86. The summed E-state index contributed by atoms with van der Waals surface area (Å²) in [4.78, 5) is 11.0. The van der Waals surface area contributed by atoms with Gasteiger partial charge < -0.3 is 4.74 Å². The molecule has 0 fully saturated rings. The van der Waals surface area contributed by atoms with Gasteiger partial charge in [-0.3, -0.25) is 4.79 Å². The van der Waals surface area contributed by atoms with Gasteiger partial charge in [-0.15, -0.1) is 0 Å². The van der Waals surface area contributed by atoms with Crippen LogP contribution in [0.1, 0.15) is 21.5 Å². The van der Waals surface area contributed by atoms with Crippen LogP contribution >= 0.6 is 0 Å². The number of aldehydes is 1. The maximum Gasteiger partial charge on any atom is 0.153 e. The lowest BCUT2D eigenvalue weighted by atomic mass is 9.99. The molecule has 0 aliphatic carbocycles. The zero-order chi connectivity index (χ0) is 13.1. The highest BCUT2D eigenvalue weighted by atomic mass is 16.5. The molecule has 92 valence electrons. The van der Waals surface area contributed by atoms with Gasteiger partial charge in [-0.1, -0.05) is 35.4 Å². The Morgan fingerprint density at radius 3 is 2.17 bits per heavy atom. The molecule has 0 heterocycles. The van der Waals surface area contributed by atoms with Crippen LogP contribution in [0, 0.1) is 13.8 Å². The average molecular weight is 240 g/mol. The van der Waals surface area contributed by atoms with Gasteiger partial charge in [0, 0.05) is 0 Å². The Morgan fingerprint density at radius 2 is 1.61 bits per heavy atom. The highest BCUT2D eigenvalue weighted by Crippen LogP contribution is 2.27. The van der Waals surface area contributed by atoms with Gasteiger partial charge in [-0.05, 0) is 37.1 Å². The van der Waals surface area contributed by atoms with Crippen molar-refractivity contribution in [2.45, 2.75) is 13.8 Å². The molecule has 2 rings (SSSR count). The van der Waals surface area contributed by atoms with Crippen LogP contribution in [0.5, 0.6) is 5.75 Å². The second-order valence-electron chi connectivity index (χ2n) is 4.45. The molecule has 2 aromatic carbocycles. The Kier molecular flexibility index (Phi) is 3.47. The molecule has 0 amide bonds. The molecule has 0 saturated carbocycles. The first kappa shape index (κ1) is 12.4. The summed E-state index contributed by atoms with van der Waals surface area (Å²) in [6.07, 6.45) is 0.824. The Labute approximate surface area is 107 Å². The summed E-state index contributed by atoms with van der Waals surface area (Å²) >= 11 is 0. The van der Waals surface area contributed by atoms with Crippen molar-refractivity contribution >= 4 is 6.29 Å². The van der Waals surface area contributed by atoms with Crippen molar-refractivity contribution in [1.29, 1.82) is 0 Å². The summed E-state index contributed by atoms with van der Waals surface area (Å²) in [5.74, 6) is 0.609. The third-order valence-corrected chi connectivity index (χ3v) is 2.91. The minimum Gasteiger partial charge on any atom is -0.496 e. The number of aryl methyl sites for hydroxylation is 2. The molecule has 18 heavy (non-hydrogen) atoms. The van der Waals surface area contributed by atoms with Crippen molar-refractivity contribution in [3.8, 4) is 16.9 Å². The number of benzene rings is 2. The first-order chi connectivity index (χ1) is 8.63. The maximum absolute atomic E-state index is 11.0. The summed E-state index contributed by atoms with van der Waals surface area (Å²) in [6.45, 7) is 4.14. The lowest BCUT2D eigenvalue weighted by Gasteiger charge is -2.08. The molecule has 0 radical (unpaired) electrons. The van der Waals surface area contributed by atoms with E-state index >= 15 is 0 Å². The van der Waals surface area contributed by atoms with Crippen LogP contribution in [-0.2, 0) is 0 Å². The van der Waals surface area contributed by atoms with Crippen molar-refractivity contribution in [2.24, 2.45) is 0 Å². The van der Waals surface area contributed by atoms with E-state index in [-0.39, 0.29) is 0 Å². The fourth-order valence-electron chi connectivity index (χ4n) is 2.15. The lowest BCUT2D eigenvalue weighted by Crippen LogP contribution is -1.91. The van der Waals surface area contributed by atoms with Crippen LogP contribution < -0.4 is 4.74 Å². The van der Waals surface area contributed by atoms with Crippen molar-refractivity contribution in [1.82, 2.24) is 0 Å². The largest absolute Gasteiger partial charge is 0.496 e. The molecule has 0 unspecified atom stereocenters. The minimum atomic E-state index is 0.578. The second kappa shape index (κ2) is 5.05. The Morgan fingerprint density at radius 1 is 0.944 bits per heavy atom.